The monoisotopic (exact) mass is 199 g/mol. The Balaban J connectivity index is 2.21. The normalized spacial score (nSPS) is 30.5. The van der Waals surface area contributed by atoms with Crippen molar-refractivity contribution >= 4 is 11.6 Å². The van der Waals surface area contributed by atoms with E-state index in [9.17, 15) is 0 Å². The van der Waals surface area contributed by atoms with Crippen molar-refractivity contribution in [3.05, 3.63) is 11.9 Å². The van der Waals surface area contributed by atoms with Crippen molar-refractivity contribution in [2.75, 3.05) is 5.88 Å². The highest BCUT2D eigenvalue weighted by molar-refractivity contribution is 6.18. The molecule has 0 N–H and O–H groups in total. The van der Waals surface area contributed by atoms with Gasteiger partial charge < -0.3 is 0 Å². The van der Waals surface area contributed by atoms with E-state index in [1.165, 1.54) is 0 Å². The van der Waals surface area contributed by atoms with Crippen LogP contribution < -0.4 is 0 Å². The molecule has 13 heavy (non-hydrogen) atoms. The highest BCUT2D eigenvalue weighted by Gasteiger charge is 2.58. The molecule has 0 radical (unpaired) electrons. The topological polar surface area (TPSA) is 30.7 Å². The van der Waals surface area contributed by atoms with Crippen LogP contribution in [0.3, 0.4) is 0 Å². The van der Waals surface area contributed by atoms with Gasteiger partial charge in [0.05, 0.1) is 11.9 Å². The summed E-state index contributed by atoms with van der Waals surface area (Å²) in [5, 5.41) is 8.39. The third-order valence-electron chi connectivity index (χ3n) is 3.15. The van der Waals surface area contributed by atoms with Crippen molar-refractivity contribution in [3.8, 4) is 0 Å². The molecular weight excluding hydrogens is 186 g/mol. The summed E-state index contributed by atoms with van der Waals surface area (Å²) >= 11 is 5.88. The molecule has 3 nitrogen and oxygen atoms in total. The number of hydrogen-bond acceptors (Lipinski definition) is 2. The lowest BCUT2D eigenvalue weighted by Crippen LogP contribution is -1.94. The van der Waals surface area contributed by atoms with Gasteiger partial charge in [-0.2, -0.15) is 15.0 Å². The molecule has 72 valence electrons. The molecular formula is C9H14ClN3. The van der Waals surface area contributed by atoms with E-state index in [-0.39, 0.29) is 0 Å². The molecule has 2 atom stereocenters. The molecule has 0 bridgehead atoms. The summed E-state index contributed by atoms with van der Waals surface area (Å²) in [5.41, 5.74) is 1.38. The zero-order chi connectivity index (χ0) is 9.64. The number of aryl methyl sites for hydroxylation is 1. The van der Waals surface area contributed by atoms with E-state index in [4.69, 9.17) is 11.6 Å². The van der Waals surface area contributed by atoms with Crippen LogP contribution in [0.4, 0.5) is 0 Å². The molecule has 4 heteroatoms. The predicted molar refractivity (Wildman–Crippen MR) is 51.7 cm³/mol. The van der Waals surface area contributed by atoms with Gasteiger partial charge in [-0.3, -0.25) is 0 Å². The lowest BCUT2D eigenvalue weighted by atomic mass is 10.1. The quantitative estimate of drug-likeness (QED) is 0.680. The first kappa shape index (κ1) is 9.00. The van der Waals surface area contributed by atoms with Crippen LogP contribution >= 0.6 is 11.6 Å². The lowest BCUT2D eigenvalue weighted by molar-refractivity contribution is 0.571. The maximum Gasteiger partial charge on any atom is 0.0866 e. The van der Waals surface area contributed by atoms with Crippen molar-refractivity contribution in [2.45, 2.75) is 19.8 Å². The lowest BCUT2D eigenvalue weighted by Gasteiger charge is -1.97. The Morgan fingerprint density at radius 1 is 1.62 bits per heavy atom. The Bertz CT molecular complexity index is 318. The van der Waals surface area contributed by atoms with Crippen molar-refractivity contribution in [3.63, 3.8) is 0 Å². The average molecular weight is 200 g/mol. The minimum atomic E-state index is 0.303. The first-order chi connectivity index (χ1) is 6.07. The number of alkyl halides is 1. The Kier molecular flexibility index (Phi) is 1.88. The number of rotatable bonds is 2. The van der Waals surface area contributed by atoms with Crippen molar-refractivity contribution in [1.29, 1.82) is 0 Å². The van der Waals surface area contributed by atoms with E-state index < -0.39 is 0 Å². The second-order valence-corrected chi connectivity index (χ2v) is 4.63. The minimum Gasteiger partial charge on any atom is -0.188 e. The van der Waals surface area contributed by atoms with Gasteiger partial charge in [0.2, 0.25) is 0 Å². The molecule has 0 spiro atoms. The number of halogens is 1. The van der Waals surface area contributed by atoms with E-state index >= 15 is 0 Å². The van der Waals surface area contributed by atoms with E-state index in [0.29, 0.717) is 23.1 Å². The van der Waals surface area contributed by atoms with Crippen LogP contribution in [-0.2, 0) is 7.05 Å². The minimum absolute atomic E-state index is 0.303. The second kappa shape index (κ2) is 2.71. The first-order valence-corrected chi connectivity index (χ1v) is 5.03. The summed E-state index contributed by atoms with van der Waals surface area (Å²) in [6, 6.07) is 0. The molecule has 0 aromatic carbocycles. The van der Waals surface area contributed by atoms with Gasteiger partial charge in [-0.1, -0.05) is 13.8 Å². The van der Waals surface area contributed by atoms with Gasteiger partial charge in [-0.05, 0) is 11.3 Å². The molecule has 1 aromatic heterocycles. The average Bonchev–Trinajstić information content (AvgIpc) is 2.41. The maximum atomic E-state index is 5.88. The van der Waals surface area contributed by atoms with Crippen LogP contribution in [0.1, 0.15) is 25.5 Å². The molecule has 0 saturated heterocycles. The maximum absolute atomic E-state index is 5.88. The van der Waals surface area contributed by atoms with E-state index in [1.807, 2.05) is 13.2 Å². The molecule has 1 aromatic rings. The molecule has 0 aliphatic heterocycles. The van der Waals surface area contributed by atoms with Crippen LogP contribution in [0.15, 0.2) is 6.20 Å². The Morgan fingerprint density at radius 2 is 2.31 bits per heavy atom. The molecule has 1 aliphatic rings. The SMILES string of the molecule is Cn1ncc(C2C(CCl)C2(C)C)n1. The number of hydrogen-bond donors (Lipinski definition) is 0. The van der Waals surface area contributed by atoms with Crippen molar-refractivity contribution in [1.82, 2.24) is 15.0 Å². The summed E-state index contributed by atoms with van der Waals surface area (Å²) < 4.78 is 0. The fourth-order valence-corrected chi connectivity index (χ4v) is 2.70. The Labute approximate surface area is 83.1 Å². The Morgan fingerprint density at radius 3 is 2.69 bits per heavy atom. The summed E-state index contributed by atoms with van der Waals surface area (Å²) in [6.45, 7) is 4.47. The van der Waals surface area contributed by atoms with Crippen molar-refractivity contribution in [2.24, 2.45) is 18.4 Å². The van der Waals surface area contributed by atoms with E-state index in [2.05, 4.69) is 24.0 Å². The Hall–Kier alpha value is -0.570. The molecule has 1 heterocycles. The van der Waals surface area contributed by atoms with Crippen molar-refractivity contribution < 1.29 is 0 Å². The van der Waals surface area contributed by atoms with Gasteiger partial charge in [-0.25, -0.2) is 0 Å². The molecule has 1 aliphatic carbocycles. The zero-order valence-electron chi connectivity index (χ0n) is 8.16. The first-order valence-electron chi connectivity index (χ1n) is 4.49. The smallest absolute Gasteiger partial charge is 0.0866 e. The third-order valence-corrected chi connectivity index (χ3v) is 3.49. The molecule has 0 amide bonds. The molecule has 2 unspecified atom stereocenters. The summed E-state index contributed by atoms with van der Waals surface area (Å²) in [6.07, 6.45) is 1.85. The third kappa shape index (κ3) is 1.26. The van der Waals surface area contributed by atoms with Gasteiger partial charge in [0.25, 0.3) is 0 Å². The zero-order valence-corrected chi connectivity index (χ0v) is 8.91. The highest BCUT2D eigenvalue weighted by Crippen LogP contribution is 2.64. The molecule has 2 rings (SSSR count). The van der Waals surface area contributed by atoms with Gasteiger partial charge in [-0.15, -0.1) is 11.6 Å². The van der Waals surface area contributed by atoms with E-state index in [1.54, 1.807) is 4.80 Å². The largest absolute Gasteiger partial charge is 0.188 e. The van der Waals surface area contributed by atoms with Crippen LogP contribution in [-0.4, -0.2) is 20.9 Å². The van der Waals surface area contributed by atoms with E-state index in [0.717, 1.165) is 5.69 Å². The summed E-state index contributed by atoms with van der Waals surface area (Å²) in [4.78, 5) is 1.61. The van der Waals surface area contributed by atoms with Gasteiger partial charge in [0.15, 0.2) is 0 Å². The molecule has 1 fully saturated rings. The van der Waals surface area contributed by atoms with Crippen LogP contribution in [0.5, 0.6) is 0 Å². The number of aromatic nitrogens is 3. The second-order valence-electron chi connectivity index (χ2n) is 4.32. The van der Waals surface area contributed by atoms with Gasteiger partial charge in [0, 0.05) is 18.8 Å². The predicted octanol–water partition coefficient (Wildman–Crippen LogP) is 1.79. The van der Waals surface area contributed by atoms with Gasteiger partial charge >= 0.3 is 0 Å². The fourth-order valence-electron chi connectivity index (χ4n) is 2.12. The van der Waals surface area contributed by atoms with Crippen LogP contribution in [0.25, 0.3) is 0 Å². The standard InChI is InChI=1S/C9H14ClN3/c1-9(2)6(4-10)8(9)7-5-11-13(3)12-7/h5-6,8H,4H2,1-3H3. The summed E-state index contributed by atoms with van der Waals surface area (Å²) in [7, 11) is 1.84. The van der Waals surface area contributed by atoms with Crippen LogP contribution in [0, 0.1) is 11.3 Å². The van der Waals surface area contributed by atoms with Crippen LogP contribution in [0.2, 0.25) is 0 Å². The summed E-state index contributed by atoms with van der Waals surface area (Å²) in [5.74, 6) is 1.78. The van der Waals surface area contributed by atoms with Gasteiger partial charge in [0.1, 0.15) is 0 Å². The molecule has 1 saturated carbocycles. The number of nitrogens with zero attached hydrogens (tertiary/aromatic N) is 3. The fraction of sp³-hybridized carbons (Fsp3) is 0.778. The highest BCUT2D eigenvalue weighted by atomic mass is 35.5.